The minimum absolute atomic E-state index is 0.131. The summed E-state index contributed by atoms with van der Waals surface area (Å²) in [5, 5.41) is 10.3. The first-order valence-electron chi connectivity index (χ1n) is 7.66. The normalized spacial score (nSPS) is 10.5. The highest BCUT2D eigenvalue weighted by molar-refractivity contribution is 5.89. The number of hydrogen-bond acceptors (Lipinski definition) is 5. The third-order valence-corrected chi connectivity index (χ3v) is 3.57. The van der Waals surface area contributed by atoms with Crippen molar-refractivity contribution in [3.63, 3.8) is 0 Å². The zero-order valence-corrected chi connectivity index (χ0v) is 13.5. The first-order chi connectivity index (χ1) is 12.2. The number of benzene rings is 2. The van der Waals surface area contributed by atoms with Crippen molar-refractivity contribution in [2.75, 3.05) is 13.7 Å². The number of amides is 1. The maximum absolute atomic E-state index is 12.9. The molecule has 0 saturated heterocycles. The number of nitrogens with zero attached hydrogens (tertiary/aromatic N) is 2. The highest BCUT2D eigenvalue weighted by Crippen LogP contribution is 2.18. The Morgan fingerprint density at radius 1 is 1.12 bits per heavy atom. The Labute approximate surface area is 143 Å². The average molecular weight is 341 g/mol. The molecule has 25 heavy (non-hydrogen) atoms. The van der Waals surface area contributed by atoms with E-state index in [0.29, 0.717) is 18.5 Å². The molecule has 0 aliphatic carbocycles. The molecule has 1 amide bonds. The van der Waals surface area contributed by atoms with Gasteiger partial charge in [0.05, 0.1) is 7.11 Å². The van der Waals surface area contributed by atoms with Crippen LogP contribution in [-0.4, -0.2) is 29.8 Å². The maximum atomic E-state index is 12.9. The number of nitrogens with one attached hydrogen (secondary N) is 1. The SMILES string of the molecule is COc1ccc(CCNC(=O)c2nnc(-c3ccc(F)cc3)o2)cc1. The number of aromatic nitrogens is 2. The van der Waals surface area contributed by atoms with Gasteiger partial charge in [0.1, 0.15) is 11.6 Å². The molecule has 1 aromatic heterocycles. The van der Waals surface area contributed by atoms with Gasteiger partial charge < -0.3 is 14.5 Å². The summed E-state index contributed by atoms with van der Waals surface area (Å²) in [5.41, 5.74) is 1.62. The molecule has 0 saturated carbocycles. The fourth-order valence-electron chi connectivity index (χ4n) is 2.21. The molecule has 1 N–H and O–H groups in total. The Kier molecular flexibility index (Phi) is 5.03. The van der Waals surface area contributed by atoms with Crippen molar-refractivity contribution in [3.8, 4) is 17.2 Å². The van der Waals surface area contributed by atoms with E-state index < -0.39 is 5.91 Å². The second-order valence-electron chi connectivity index (χ2n) is 5.27. The van der Waals surface area contributed by atoms with Crippen molar-refractivity contribution in [1.29, 1.82) is 0 Å². The van der Waals surface area contributed by atoms with Crippen molar-refractivity contribution < 1.29 is 18.3 Å². The van der Waals surface area contributed by atoms with Gasteiger partial charge in [-0.1, -0.05) is 12.1 Å². The zero-order chi connectivity index (χ0) is 17.6. The Bertz CT molecular complexity index is 845. The van der Waals surface area contributed by atoms with Gasteiger partial charge in [0, 0.05) is 12.1 Å². The minimum atomic E-state index is -0.450. The van der Waals surface area contributed by atoms with E-state index in [1.807, 2.05) is 24.3 Å². The van der Waals surface area contributed by atoms with Crippen molar-refractivity contribution in [3.05, 3.63) is 65.8 Å². The third kappa shape index (κ3) is 4.20. The summed E-state index contributed by atoms with van der Waals surface area (Å²) in [6.07, 6.45) is 0.661. The van der Waals surface area contributed by atoms with E-state index in [4.69, 9.17) is 9.15 Å². The fraction of sp³-hybridized carbons (Fsp3) is 0.167. The first-order valence-corrected chi connectivity index (χ1v) is 7.66. The van der Waals surface area contributed by atoms with Gasteiger partial charge in [0.2, 0.25) is 5.89 Å². The lowest BCUT2D eigenvalue weighted by molar-refractivity contribution is 0.0920. The molecule has 0 radical (unpaired) electrons. The van der Waals surface area contributed by atoms with Gasteiger partial charge in [0.15, 0.2) is 0 Å². The largest absolute Gasteiger partial charge is 0.497 e. The van der Waals surface area contributed by atoms with Gasteiger partial charge >= 0.3 is 11.8 Å². The summed E-state index contributed by atoms with van der Waals surface area (Å²) in [4.78, 5) is 12.0. The van der Waals surface area contributed by atoms with Crippen LogP contribution >= 0.6 is 0 Å². The van der Waals surface area contributed by atoms with Crippen molar-refractivity contribution in [2.24, 2.45) is 0 Å². The first kappa shape index (κ1) is 16.6. The molecule has 6 nitrogen and oxygen atoms in total. The molecule has 2 aromatic carbocycles. The lowest BCUT2D eigenvalue weighted by Crippen LogP contribution is -2.26. The topological polar surface area (TPSA) is 77.2 Å². The Morgan fingerprint density at radius 2 is 1.84 bits per heavy atom. The van der Waals surface area contributed by atoms with Gasteiger partial charge in [-0.2, -0.15) is 0 Å². The summed E-state index contributed by atoms with van der Waals surface area (Å²) < 4.78 is 23.3. The van der Waals surface area contributed by atoms with Gasteiger partial charge in [-0.05, 0) is 48.4 Å². The molecule has 128 valence electrons. The standard InChI is InChI=1S/C18H16FN3O3/c1-24-15-8-2-12(3-9-15)10-11-20-16(23)18-22-21-17(25-18)13-4-6-14(19)7-5-13/h2-9H,10-11H2,1H3,(H,20,23). The molecule has 1 heterocycles. The van der Waals surface area contributed by atoms with Crippen LogP contribution in [0.2, 0.25) is 0 Å². The van der Waals surface area contributed by atoms with Crippen LogP contribution in [-0.2, 0) is 6.42 Å². The van der Waals surface area contributed by atoms with Gasteiger partial charge in [-0.15, -0.1) is 10.2 Å². The van der Waals surface area contributed by atoms with E-state index in [-0.39, 0.29) is 17.6 Å². The van der Waals surface area contributed by atoms with Crippen LogP contribution in [0.4, 0.5) is 4.39 Å². The molecular weight excluding hydrogens is 325 g/mol. The number of carbonyl (C=O) groups is 1. The Balaban J connectivity index is 1.55. The number of halogens is 1. The fourth-order valence-corrected chi connectivity index (χ4v) is 2.21. The number of rotatable bonds is 6. The number of methoxy groups -OCH3 is 1. The van der Waals surface area contributed by atoms with Gasteiger partial charge in [0.25, 0.3) is 0 Å². The van der Waals surface area contributed by atoms with E-state index in [2.05, 4.69) is 15.5 Å². The van der Waals surface area contributed by atoms with Crippen LogP contribution in [0.5, 0.6) is 5.75 Å². The summed E-state index contributed by atoms with van der Waals surface area (Å²) in [6, 6.07) is 13.2. The van der Waals surface area contributed by atoms with E-state index in [1.165, 1.54) is 24.3 Å². The maximum Gasteiger partial charge on any atom is 0.308 e. The van der Waals surface area contributed by atoms with Crippen molar-refractivity contribution in [1.82, 2.24) is 15.5 Å². The van der Waals surface area contributed by atoms with E-state index in [0.717, 1.165) is 11.3 Å². The molecular formula is C18H16FN3O3. The van der Waals surface area contributed by atoms with Crippen LogP contribution < -0.4 is 10.1 Å². The van der Waals surface area contributed by atoms with Crippen LogP contribution in [0.1, 0.15) is 16.2 Å². The molecule has 0 aliphatic heterocycles. The molecule has 0 unspecified atom stereocenters. The quantitative estimate of drug-likeness (QED) is 0.746. The van der Waals surface area contributed by atoms with E-state index >= 15 is 0 Å². The van der Waals surface area contributed by atoms with Crippen LogP contribution in [0.15, 0.2) is 52.9 Å². The zero-order valence-electron chi connectivity index (χ0n) is 13.5. The van der Waals surface area contributed by atoms with Crippen molar-refractivity contribution in [2.45, 2.75) is 6.42 Å². The molecule has 0 aliphatic rings. The van der Waals surface area contributed by atoms with Crippen molar-refractivity contribution >= 4 is 5.91 Å². The minimum Gasteiger partial charge on any atom is -0.497 e. The smallest absolute Gasteiger partial charge is 0.308 e. The second-order valence-corrected chi connectivity index (χ2v) is 5.27. The summed E-state index contributed by atoms with van der Waals surface area (Å²) in [5.74, 6) is 0.00969. The summed E-state index contributed by atoms with van der Waals surface area (Å²) in [7, 11) is 1.61. The highest BCUT2D eigenvalue weighted by Gasteiger charge is 2.15. The lowest BCUT2D eigenvalue weighted by atomic mass is 10.1. The predicted molar refractivity (Wildman–Crippen MR) is 88.7 cm³/mol. The number of carbonyl (C=O) groups excluding carboxylic acids is 1. The Morgan fingerprint density at radius 3 is 2.52 bits per heavy atom. The van der Waals surface area contributed by atoms with Crippen LogP contribution in [0.3, 0.4) is 0 Å². The molecule has 3 aromatic rings. The predicted octanol–water partition coefficient (Wildman–Crippen LogP) is 2.86. The van der Waals surface area contributed by atoms with Crippen LogP contribution in [0.25, 0.3) is 11.5 Å². The Hall–Kier alpha value is -3.22. The third-order valence-electron chi connectivity index (χ3n) is 3.57. The van der Waals surface area contributed by atoms with E-state index in [9.17, 15) is 9.18 Å². The van der Waals surface area contributed by atoms with E-state index in [1.54, 1.807) is 7.11 Å². The van der Waals surface area contributed by atoms with Gasteiger partial charge in [-0.25, -0.2) is 4.39 Å². The monoisotopic (exact) mass is 341 g/mol. The molecule has 0 bridgehead atoms. The lowest BCUT2D eigenvalue weighted by Gasteiger charge is -2.04. The summed E-state index contributed by atoms with van der Waals surface area (Å²) >= 11 is 0. The average Bonchev–Trinajstić information content (AvgIpc) is 3.13. The molecule has 0 fully saturated rings. The molecule has 0 atom stereocenters. The van der Waals surface area contributed by atoms with Crippen LogP contribution in [0, 0.1) is 5.82 Å². The number of hydrogen-bond donors (Lipinski definition) is 1. The summed E-state index contributed by atoms with van der Waals surface area (Å²) in [6.45, 7) is 0.430. The highest BCUT2D eigenvalue weighted by atomic mass is 19.1. The molecule has 0 spiro atoms. The molecule has 7 heteroatoms. The molecule has 3 rings (SSSR count). The number of ether oxygens (including phenoxy) is 1. The van der Waals surface area contributed by atoms with Gasteiger partial charge in [-0.3, -0.25) is 4.79 Å². The second kappa shape index (κ2) is 7.57.